The van der Waals surface area contributed by atoms with Crippen LogP contribution in [-0.2, 0) is 19.6 Å². The van der Waals surface area contributed by atoms with E-state index in [1.54, 1.807) is 7.11 Å². The minimum absolute atomic E-state index is 0.666. The van der Waals surface area contributed by atoms with Crippen LogP contribution in [0.15, 0.2) is 54.7 Å². The second-order valence-electron chi connectivity index (χ2n) is 8.31. The predicted octanol–water partition coefficient (Wildman–Crippen LogP) is 4.01. The molecule has 1 N–H and O–H groups in total. The van der Waals surface area contributed by atoms with Crippen LogP contribution in [0.2, 0.25) is 0 Å². The smallest absolute Gasteiger partial charge is 0.163 e. The lowest BCUT2D eigenvalue weighted by atomic mass is 10.1. The number of nitrogens with zero attached hydrogens (tertiary/aromatic N) is 5. The Morgan fingerprint density at radius 2 is 1.75 bits per heavy atom. The molecule has 1 aliphatic heterocycles. The maximum absolute atomic E-state index is 5.24. The van der Waals surface area contributed by atoms with Gasteiger partial charge in [0.2, 0.25) is 0 Å². The summed E-state index contributed by atoms with van der Waals surface area (Å²) in [7, 11) is 1.67. The molecular weight excluding hydrogens is 400 g/mol. The first-order valence-corrected chi connectivity index (χ1v) is 11.0. The second kappa shape index (κ2) is 8.96. The molecule has 0 atom stereocenters. The molecule has 0 unspecified atom stereocenters. The van der Waals surface area contributed by atoms with Gasteiger partial charge in [0.05, 0.1) is 25.2 Å². The quantitative estimate of drug-likeness (QED) is 0.457. The Morgan fingerprint density at radius 1 is 0.969 bits per heavy atom. The summed E-state index contributed by atoms with van der Waals surface area (Å²) in [5.41, 5.74) is 4.59. The van der Waals surface area contributed by atoms with Crippen molar-refractivity contribution in [1.82, 2.24) is 24.6 Å². The van der Waals surface area contributed by atoms with Gasteiger partial charge in [0, 0.05) is 13.1 Å². The topological polar surface area (TPSA) is 68.1 Å². The number of likely N-dealkylation sites (tertiary alicyclic amines) is 1. The monoisotopic (exact) mass is 428 g/mol. The third kappa shape index (κ3) is 4.43. The molecule has 2 aromatic heterocycles. The van der Waals surface area contributed by atoms with Gasteiger partial charge in [-0.15, -0.1) is 0 Å². The molecule has 7 heteroatoms. The summed E-state index contributed by atoms with van der Waals surface area (Å²) in [6.45, 7) is 6.70. The van der Waals surface area contributed by atoms with E-state index in [0.717, 1.165) is 40.5 Å². The summed E-state index contributed by atoms with van der Waals surface area (Å²) in [5, 5.41) is 9.02. The van der Waals surface area contributed by atoms with Gasteiger partial charge in [-0.25, -0.2) is 14.6 Å². The van der Waals surface area contributed by atoms with Gasteiger partial charge in [0.15, 0.2) is 5.65 Å². The summed E-state index contributed by atoms with van der Waals surface area (Å²) < 4.78 is 7.20. The van der Waals surface area contributed by atoms with Gasteiger partial charge >= 0.3 is 0 Å². The van der Waals surface area contributed by atoms with Crippen molar-refractivity contribution < 1.29 is 4.74 Å². The van der Waals surface area contributed by atoms with Crippen molar-refractivity contribution in [1.29, 1.82) is 0 Å². The third-order valence-corrected chi connectivity index (χ3v) is 5.91. The van der Waals surface area contributed by atoms with Crippen LogP contribution >= 0.6 is 0 Å². The summed E-state index contributed by atoms with van der Waals surface area (Å²) in [5.74, 6) is 2.38. The number of anilines is 1. The minimum Gasteiger partial charge on any atom is -0.497 e. The molecule has 2 aromatic carbocycles. The van der Waals surface area contributed by atoms with E-state index in [9.17, 15) is 0 Å². The fourth-order valence-electron chi connectivity index (χ4n) is 4.04. The van der Waals surface area contributed by atoms with Gasteiger partial charge in [-0.05, 0) is 55.3 Å². The average Bonchev–Trinajstić information content (AvgIpc) is 3.17. The Morgan fingerprint density at radius 3 is 2.47 bits per heavy atom. The van der Waals surface area contributed by atoms with E-state index >= 15 is 0 Å². The first-order chi connectivity index (χ1) is 15.7. The number of rotatable bonds is 8. The highest BCUT2D eigenvalue weighted by Gasteiger charge is 2.15. The van der Waals surface area contributed by atoms with E-state index in [4.69, 9.17) is 4.74 Å². The van der Waals surface area contributed by atoms with Crippen LogP contribution in [0.4, 0.5) is 5.82 Å². The number of nitrogens with one attached hydrogen (secondary N) is 1. The largest absolute Gasteiger partial charge is 0.497 e. The number of hydrogen-bond donors (Lipinski definition) is 1. The number of benzene rings is 2. The highest BCUT2D eigenvalue weighted by atomic mass is 16.5. The summed E-state index contributed by atoms with van der Waals surface area (Å²) >= 11 is 0. The predicted molar refractivity (Wildman–Crippen MR) is 126 cm³/mol. The summed E-state index contributed by atoms with van der Waals surface area (Å²) in [4.78, 5) is 11.8. The zero-order chi connectivity index (χ0) is 21.9. The maximum Gasteiger partial charge on any atom is 0.163 e. The summed E-state index contributed by atoms with van der Waals surface area (Å²) in [6, 6.07) is 16.8. The fraction of sp³-hybridized carbons (Fsp3) is 0.320. The molecule has 1 saturated heterocycles. The minimum atomic E-state index is 0.666. The molecule has 7 nitrogen and oxygen atoms in total. The van der Waals surface area contributed by atoms with E-state index < -0.39 is 0 Å². The number of ether oxygens (including phenoxy) is 1. The number of aromatic nitrogens is 4. The van der Waals surface area contributed by atoms with E-state index in [1.807, 2.05) is 42.1 Å². The van der Waals surface area contributed by atoms with E-state index in [0.29, 0.717) is 13.1 Å². The number of hydrogen-bond acceptors (Lipinski definition) is 6. The van der Waals surface area contributed by atoms with Crippen molar-refractivity contribution in [3.8, 4) is 5.75 Å². The lowest BCUT2D eigenvalue weighted by molar-refractivity contribution is 0.172. The summed E-state index contributed by atoms with van der Waals surface area (Å²) in [6.07, 6.45) is 3.17. The number of fused-ring (bicyclic) bond motifs is 1. The van der Waals surface area contributed by atoms with Crippen LogP contribution in [0, 0.1) is 6.92 Å². The molecule has 1 aliphatic rings. The van der Waals surface area contributed by atoms with Crippen LogP contribution in [-0.4, -0.2) is 44.8 Å². The Hall–Kier alpha value is -3.45. The van der Waals surface area contributed by atoms with Crippen molar-refractivity contribution in [3.63, 3.8) is 0 Å². The first kappa shape index (κ1) is 20.5. The Bertz CT molecular complexity index is 1210. The van der Waals surface area contributed by atoms with Gasteiger partial charge in [0.1, 0.15) is 17.4 Å². The highest BCUT2D eigenvalue weighted by molar-refractivity contribution is 5.86. The van der Waals surface area contributed by atoms with E-state index in [2.05, 4.69) is 49.5 Å². The number of methoxy groups -OCH3 is 1. The van der Waals surface area contributed by atoms with Gasteiger partial charge in [-0.3, -0.25) is 4.90 Å². The van der Waals surface area contributed by atoms with Gasteiger partial charge in [0.25, 0.3) is 0 Å². The molecule has 0 aliphatic carbocycles. The molecule has 5 rings (SSSR count). The third-order valence-electron chi connectivity index (χ3n) is 5.91. The number of aryl methyl sites for hydroxylation is 1. The highest BCUT2D eigenvalue weighted by Crippen LogP contribution is 2.22. The normalized spacial score (nSPS) is 13.8. The van der Waals surface area contributed by atoms with E-state index in [-0.39, 0.29) is 0 Å². The second-order valence-corrected chi connectivity index (χ2v) is 8.31. The molecule has 0 amide bonds. The van der Waals surface area contributed by atoms with Crippen molar-refractivity contribution in [3.05, 3.63) is 77.2 Å². The van der Waals surface area contributed by atoms with Gasteiger partial charge in [-0.2, -0.15) is 5.10 Å². The lowest BCUT2D eigenvalue weighted by Gasteiger charge is -2.30. The molecule has 1 fully saturated rings. The van der Waals surface area contributed by atoms with Crippen molar-refractivity contribution in [2.45, 2.75) is 33.0 Å². The molecule has 4 aromatic rings. The van der Waals surface area contributed by atoms with Crippen molar-refractivity contribution >= 4 is 16.9 Å². The zero-order valence-electron chi connectivity index (χ0n) is 18.6. The van der Waals surface area contributed by atoms with Crippen LogP contribution < -0.4 is 10.1 Å². The van der Waals surface area contributed by atoms with Crippen LogP contribution in [0.5, 0.6) is 5.75 Å². The zero-order valence-corrected chi connectivity index (χ0v) is 18.6. The molecule has 0 spiro atoms. The van der Waals surface area contributed by atoms with Crippen LogP contribution in [0.3, 0.4) is 0 Å². The van der Waals surface area contributed by atoms with Crippen LogP contribution in [0.25, 0.3) is 11.0 Å². The molecular formula is C25H28N6O. The maximum atomic E-state index is 5.24. The molecule has 0 bridgehead atoms. The van der Waals surface area contributed by atoms with Gasteiger partial charge in [-0.1, -0.05) is 36.4 Å². The molecule has 164 valence electrons. The van der Waals surface area contributed by atoms with Crippen molar-refractivity contribution in [2.75, 3.05) is 25.5 Å². The standard InChI is InChI=1S/C25H28N6O/c1-18-28-24(26-14-19-7-9-22(32-2)10-8-19)23-15-27-31(25(23)29-18)17-21-6-3-5-20(13-21)16-30-11-4-12-30/h3,5-10,13,15H,4,11-12,14,16-17H2,1-2H3,(H,26,28,29). The van der Waals surface area contributed by atoms with Gasteiger partial charge < -0.3 is 10.1 Å². The van der Waals surface area contributed by atoms with Crippen LogP contribution in [0.1, 0.15) is 28.9 Å². The molecule has 3 heterocycles. The molecule has 0 radical (unpaired) electrons. The SMILES string of the molecule is COc1ccc(CNc2nc(C)nc3c2cnn3Cc2cccc(CN3CCC3)c2)cc1. The Labute approximate surface area is 188 Å². The fourth-order valence-corrected chi connectivity index (χ4v) is 4.04. The van der Waals surface area contributed by atoms with E-state index in [1.165, 1.54) is 30.6 Å². The Kier molecular flexibility index (Phi) is 5.73. The Balaban J connectivity index is 1.35. The molecule has 32 heavy (non-hydrogen) atoms. The molecule has 0 saturated carbocycles. The first-order valence-electron chi connectivity index (χ1n) is 11.0. The lowest BCUT2D eigenvalue weighted by Crippen LogP contribution is -2.36. The average molecular weight is 429 g/mol. The van der Waals surface area contributed by atoms with Crippen molar-refractivity contribution in [2.24, 2.45) is 0 Å².